The molecule has 0 aromatic carbocycles. The summed E-state index contributed by atoms with van der Waals surface area (Å²) in [5.74, 6) is -0.994. The molecule has 0 aromatic rings. The molecule has 0 radical (unpaired) electrons. The van der Waals surface area contributed by atoms with Crippen molar-refractivity contribution in [1.29, 1.82) is 0 Å². The number of hydrogen-bond acceptors (Lipinski definition) is 2. The van der Waals surface area contributed by atoms with Crippen molar-refractivity contribution in [3.63, 3.8) is 0 Å². The molecule has 0 atom stereocenters. The zero-order chi connectivity index (χ0) is 6.57. The van der Waals surface area contributed by atoms with Crippen LogP contribution in [0, 0.1) is 0 Å². The Morgan fingerprint density at radius 2 is 2.12 bits per heavy atom. The van der Waals surface area contributed by atoms with Gasteiger partial charge in [0.05, 0.1) is 0 Å². The van der Waals surface area contributed by atoms with Gasteiger partial charge >= 0.3 is 38.9 Å². The molecule has 2 N–H and O–H groups in total. The van der Waals surface area contributed by atoms with Crippen LogP contribution in [0.25, 0.3) is 0 Å². The number of carboxylic acid groups (broad SMARTS) is 1. The van der Waals surface area contributed by atoms with E-state index in [4.69, 9.17) is 5.11 Å². The summed E-state index contributed by atoms with van der Waals surface area (Å²) in [6.07, 6.45) is -0.117. The van der Waals surface area contributed by atoms with Crippen LogP contribution >= 0.6 is 0 Å². The first kappa shape index (κ1) is 5.94. The van der Waals surface area contributed by atoms with Gasteiger partial charge in [0, 0.05) is 0 Å². The van der Waals surface area contributed by atoms with Crippen LogP contribution in [-0.2, 0) is 4.79 Å². The fourth-order valence-electron chi connectivity index (χ4n) is 0.174. The fourth-order valence-corrected chi connectivity index (χ4v) is 0.740. The molecule has 0 rings (SSSR count). The third kappa shape index (κ3) is 3.94. The van der Waals surface area contributed by atoms with Crippen LogP contribution in [0.5, 0.6) is 0 Å². The minimum absolute atomic E-state index is 0.0973. The van der Waals surface area contributed by atoms with E-state index < -0.39 is 5.97 Å². The molecule has 0 spiro atoms. The summed E-state index contributed by atoms with van der Waals surface area (Å²) in [6.45, 7) is -0.244. The maximum atomic E-state index is 10.1. The van der Waals surface area contributed by atoms with Gasteiger partial charge in [0.15, 0.2) is 0 Å². The molecule has 0 bridgehead atoms. The Labute approximate surface area is 40.1 Å². The quantitative estimate of drug-likeness (QED) is 0.679. The van der Waals surface area contributed by atoms with Crippen molar-refractivity contribution in [2.45, 2.75) is 0 Å². The Bertz CT molecular complexity index is 99.1. The minimum atomic E-state index is -0.994. The predicted octanol–water partition coefficient (Wildman–Crippen LogP) is -0.670. The average molecular weight is 369 g/mol. The van der Waals surface area contributed by atoms with E-state index in [-0.39, 0.29) is 13.0 Å². The van der Waals surface area contributed by atoms with Gasteiger partial charge in [0.2, 0.25) is 0 Å². The first-order valence-corrected chi connectivity index (χ1v) is 5.14. The van der Waals surface area contributed by atoms with Crippen molar-refractivity contribution in [3.8, 4) is 0 Å². The molecule has 4 nitrogen and oxygen atoms in total. The van der Waals surface area contributed by atoms with Crippen LogP contribution < -0.4 is 5.32 Å². The molecule has 0 fully saturated rings. The molecule has 0 saturated heterocycles. The van der Waals surface area contributed by atoms with E-state index >= 15 is 0 Å². The van der Waals surface area contributed by atoms with Crippen LogP contribution in [0.1, 0.15) is 0 Å². The van der Waals surface area contributed by atoms with Gasteiger partial charge in [-0.25, -0.2) is 0 Å². The molecule has 0 heterocycles. The number of carbonyl (C=O) groups is 2. The number of carbonyl (C=O) groups excluding carboxylic acids is 1. The summed E-state index contributed by atoms with van der Waals surface area (Å²) in [6, 6.07) is 0. The van der Waals surface area contributed by atoms with Crippen molar-refractivity contribution in [3.05, 3.63) is 0 Å². The SMILES string of the molecule is O=C(O)CN[C](=O)[Rf]. The Kier molecular flexibility index (Phi) is 1.61. The first-order chi connectivity index (χ1) is 3.63. The number of carboxylic acids is 1. The van der Waals surface area contributed by atoms with Crippen molar-refractivity contribution >= 4 is 12.4 Å². The molecule has 8 heavy (non-hydrogen) atoms. The summed E-state index contributed by atoms with van der Waals surface area (Å²) < 4.78 is -0.0973. The normalized spacial score (nSPS) is 8.25. The molecule has 0 aliphatic carbocycles. The third-order valence-corrected chi connectivity index (χ3v) is 1.57. The van der Waals surface area contributed by atoms with Crippen molar-refractivity contribution < 1.29 is 14.7 Å². The van der Waals surface area contributed by atoms with Gasteiger partial charge < -0.3 is 0 Å². The summed E-state index contributed by atoms with van der Waals surface area (Å²) in [7, 11) is 0. The van der Waals surface area contributed by atoms with Crippen LogP contribution in [0.15, 0.2) is 0 Å². The second-order valence-electron chi connectivity index (χ2n) is 1.17. The first-order valence-electron chi connectivity index (χ1n) is 1.94. The van der Waals surface area contributed by atoms with E-state index in [9.17, 15) is 9.59 Å². The molecular weight excluding hydrogens is 365 g/mol. The van der Waals surface area contributed by atoms with E-state index in [1.807, 2.05) is 0 Å². The molecule has 0 saturated carbocycles. The third-order valence-electron chi connectivity index (χ3n) is 0.437. The molecular formula is C3H4NO3Rf. The zero-order valence-electron chi connectivity index (χ0n) is 4.18. The Morgan fingerprint density at radius 1 is 1.62 bits per heavy atom. The van der Waals surface area contributed by atoms with Crippen molar-refractivity contribution in [1.82, 2.24) is 5.32 Å². The molecule has 5 heteroatoms. The van der Waals surface area contributed by atoms with Crippen LogP contribution in [0.2, 0.25) is 0 Å². The number of nitrogens with one attached hydrogen (secondary N) is 1. The molecule has 1 amide bonds. The second-order valence-corrected chi connectivity index (χ2v) is 4.08. The number of rotatable bonds is 2. The van der Waals surface area contributed by atoms with Crippen molar-refractivity contribution in [2.75, 3.05) is 6.54 Å². The Morgan fingerprint density at radius 3 is 2.25 bits per heavy atom. The molecule has 0 aromatic heterocycles. The van der Waals surface area contributed by atoms with E-state index in [1.165, 1.54) is 0 Å². The monoisotopic (exact) mass is 369 g/mol. The Balaban J connectivity index is 3.18. The molecule has 41 valence electrons. The standard InChI is InChI=1S/C3H4NO3.Rf/c5-2-4-1-3(6)7;/h1H2,(H,4,5)(H,6,7);. The predicted molar refractivity (Wildman–Crippen MR) is 21.0 cm³/mol. The average Bonchev–Trinajstić information content (AvgIpc) is 1.61. The fraction of sp³-hybridized carbons (Fsp3) is 0.333. The van der Waals surface area contributed by atoms with Gasteiger partial charge in [-0.2, -0.15) is 0 Å². The van der Waals surface area contributed by atoms with Gasteiger partial charge in [-0.15, -0.1) is 0 Å². The summed E-state index contributed by atoms with van der Waals surface area (Å²) >= 11 is 0. The molecule has 0 unspecified atom stereocenters. The number of amides is 1. The van der Waals surface area contributed by atoms with Crippen molar-refractivity contribution in [2.24, 2.45) is 0 Å². The van der Waals surface area contributed by atoms with Gasteiger partial charge in [0.25, 0.3) is 0 Å². The summed E-state index contributed by atoms with van der Waals surface area (Å²) in [4.78, 5) is 19.8. The zero-order valence-corrected chi connectivity index (χ0v) is 10.6. The van der Waals surface area contributed by atoms with Gasteiger partial charge in [0.1, 0.15) is 0 Å². The topological polar surface area (TPSA) is 66.4 Å². The number of hydrogen-bond donors (Lipinski definition) is 2. The van der Waals surface area contributed by atoms with Gasteiger partial charge in [-0.3, -0.25) is 0 Å². The molecule has 0 aliphatic heterocycles. The van der Waals surface area contributed by atoms with E-state index in [1.54, 1.807) is 0 Å². The van der Waals surface area contributed by atoms with E-state index in [2.05, 4.69) is 5.32 Å². The van der Waals surface area contributed by atoms with Gasteiger partial charge in [-0.1, -0.05) is 0 Å². The van der Waals surface area contributed by atoms with Crippen LogP contribution in [0.3, 0.4) is 0 Å². The summed E-state index contributed by atoms with van der Waals surface area (Å²) in [5.41, 5.74) is 0. The van der Waals surface area contributed by atoms with Gasteiger partial charge in [-0.05, 0) is 0 Å². The van der Waals surface area contributed by atoms with Crippen LogP contribution in [-0.4, -0.2) is 24.0 Å². The van der Waals surface area contributed by atoms with E-state index in [0.717, 1.165) is 0 Å². The second kappa shape index (κ2) is 2.17. The molecule has 0 aliphatic rings. The van der Waals surface area contributed by atoms with E-state index in [0.29, 0.717) is 0 Å². The maximum absolute atomic E-state index is 10.1. The summed E-state index contributed by atoms with van der Waals surface area (Å²) in [5, 5.41) is 10.2. The number of aliphatic carboxylic acids is 1. The Hall–Kier alpha value is -2.06. The van der Waals surface area contributed by atoms with Crippen LogP contribution in [0.4, 0.5) is 4.79 Å².